The number of halogens is 2. The molecule has 18 heavy (non-hydrogen) atoms. The van der Waals surface area contributed by atoms with Gasteiger partial charge in [-0.1, -0.05) is 22.4 Å². The van der Waals surface area contributed by atoms with Crippen molar-refractivity contribution in [2.45, 2.75) is 19.3 Å². The topological polar surface area (TPSA) is 6.48 Å². The number of benzene rings is 1. The Morgan fingerprint density at radius 2 is 2.00 bits per heavy atom. The zero-order chi connectivity index (χ0) is 13.0. The summed E-state index contributed by atoms with van der Waals surface area (Å²) in [4.78, 5) is 4.47. The van der Waals surface area contributed by atoms with E-state index < -0.39 is 0 Å². The predicted octanol–water partition coefficient (Wildman–Crippen LogP) is 3.51. The first kappa shape index (κ1) is 13.8. The smallest absolute Gasteiger partial charge is 0.147 e. The van der Waals surface area contributed by atoms with E-state index in [1.54, 1.807) is 0 Å². The van der Waals surface area contributed by atoms with Crippen LogP contribution >= 0.6 is 15.9 Å². The number of piperidine rings is 1. The van der Waals surface area contributed by atoms with Gasteiger partial charge in [-0.05, 0) is 44.1 Å². The molecule has 0 bridgehead atoms. The Balaban J connectivity index is 1.88. The highest BCUT2D eigenvalue weighted by Gasteiger charge is 2.12. The fraction of sp³-hybridized carbons (Fsp3) is 0.571. The number of hydrogen-bond acceptors (Lipinski definition) is 2. The third-order valence-electron chi connectivity index (χ3n) is 3.52. The fourth-order valence-corrected chi connectivity index (χ4v) is 2.72. The Morgan fingerprint density at radius 1 is 1.28 bits per heavy atom. The standard InChI is InChI=1S/C14H20BrFN2/c1-17(9-10-18-7-3-2-4-8-18)14-6-5-12(15)11-13(14)16/h5-6,11H,2-4,7-10H2,1H3. The van der Waals surface area contributed by atoms with E-state index in [0.717, 1.165) is 17.6 Å². The summed E-state index contributed by atoms with van der Waals surface area (Å²) in [5.41, 5.74) is 0.676. The summed E-state index contributed by atoms with van der Waals surface area (Å²) >= 11 is 3.28. The second kappa shape index (κ2) is 6.53. The minimum atomic E-state index is -0.162. The molecule has 1 heterocycles. The fourth-order valence-electron chi connectivity index (χ4n) is 2.39. The maximum absolute atomic E-state index is 13.8. The summed E-state index contributed by atoms with van der Waals surface area (Å²) in [7, 11) is 1.95. The van der Waals surface area contributed by atoms with E-state index in [4.69, 9.17) is 0 Å². The van der Waals surface area contributed by atoms with Gasteiger partial charge in [0.1, 0.15) is 5.82 Å². The number of rotatable bonds is 4. The van der Waals surface area contributed by atoms with Crippen LogP contribution in [-0.2, 0) is 0 Å². The number of nitrogens with zero attached hydrogens (tertiary/aromatic N) is 2. The molecule has 0 spiro atoms. The summed E-state index contributed by atoms with van der Waals surface area (Å²) in [5.74, 6) is -0.162. The van der Waals surface area contributed by atoms with Crippen LogP contribution in [-0.4, -0.2) is 38.1 Å². The van der Waals surface area contributed by atoms with Crippen molar-refractivity contribution in [3.63, 3.8) is 0 Å². The first-order valence-electron chi connectivity index (χ1n) is 6.55. The van der Waals surface area contributed by atoms with Gasteiger partial charge >= 0.3 is 0 Å². The lowest BCUT2D eigenvalue weighted by atomic mass is 10.1. The molecular weight excluding hydrogens is 295 g/mol. The van der Waals surface area contributed by atoms with Crippen LogP contribution in [0.4, 0.5) is 10.1 Å². The summed E-state index contributed by atoms with van der Waals surface area (Å²) in [6, 6.07) is 5.23. The van der Waals surface area contributed by atoms with Crippen molar-refractivity contribution in [1.82, 2.24) is 4.90 Å². The van der Waals surface area contributed by atoms with Gasteiger partial charge in [-0.15, -0.1) is 0 Å². The van der Waals surface area contributed by atoms with Gasteiger partial charge in [0.25, 0.3) is 0 Å². The van der Waals surface area contributed by atoms with Crippen molar-refractivity contribution in [1.29, 1.82) is 0 Å². The molecule has 1 aliphatic rings. The minimum absolute atomic E-state index is 0.162. The van der Waals surface area contributed by atoms with Crippen molar-refractivity contribution in [2.75, 3.05) is 38.1 Å². The summed E-state index contributed by atoms with van der Waals surface area (Å²) in [6.45, 7) is 4.28. The van der Waals surface area contributed by atoms with Crippen LogP contribution in [0.3, 0.4) is 0 Å². The van der Waals surface area contributed by atoms with Crippen LogP contribution < -0.4 is 4.90 Å². The van der Waals surface area contributed by atoms with Crippen molar-refractivity contribution >= 4 is 21.6 Å². The van der Waals surface area contributed by atoms with Crippen LogP contribution in [0.25, 0.3) is 0 Å². The highest BCUT2D eigenvalue weighted by Crippen LogP contribution is 2.22. The molecule has 0 aliphatic carbocycles. The van der Waals surface area contributed by atoms with E-state index in [1.165, 1.54) is 38.4 Å². The summed E-state index contributed by atoms with van der Waals surface area (Å²) in [6.07, 6.45) is 3.96. The van der Waals surface area contributed by atoms with Crippen LogP contribution in [0.15, 0.2) is 22.7 Å². The number of likely N-dealkylation sites (N-methyl/N-ethyl adjacent to an activating group) is 1. The number of hydrogen-bond donors (Lipinski definition) is 0. The van der Waals surface area contributed by atoms with Gasteiger partial charge < -0.3 is 9.80 Å². The van der Waals surface area contributed by atoms with Crippen molar-refractivity contribution in [3.05, 3.63) is 28.5 Å². The average Bonchev–Trinajstić information content (AvgIpc) is 2.37. The minimum Gasteiger partial charge on any atom is -0.371 e. The molecule has 1 aromatic carbocycles. The van der Waals surface area contributed by atoms with Crippen LogP contribution in [0.2, 0.25) is 0 Å². The Labute approximate surface area is 117 Å². The highest BCUT2D eigenvalue weighted by molar-refractivity contribution is 9.10. The first-order valence-corrected chi connectivity index (χ1v) is 7.34. The van der Waals surface area contributed by atoms with Crippen molar-refractivity contribution in [2.24, 2.45) is 0 Å². The zero-order valence-electron chi connectivity index (χ0n) is 10.8. The van der Waals surface area contributed by atoms with Gasteiger partial charge in [0.05, 0.1) is 5.69 Å². The summed E-state index contributed by atoms with van der Waals surface area (Å²) < 4.78 is 14.6. The van der Waals surface area contributed by atoms with E-state index in [1.807, 2.05) is 24.1 Å². The first-order chi connectivity index (χ1) is 8.66. The van der Waals surface area contributed by atoms with Crippen LogP contribution in [0.5, 0.6) is 0 Å². The van der Waals surface area contributed by atoms with Gasteiger partial charge in [-0.2, -0.15) is 0 Å². The third kappa shape index (κ3) is 3.69. The summed E-state index contributed by atoms with van der Waals surface area (Å²) in [5, 5.41) is 0. The van der Waals surface area contributed by atoms with Gasteiger partial charge in [0.15, 0.2) is 0 Å². The molecule has 0 saturated carbocycles. The molecule has 0 aromatic heterocycles. The van der Waals surface area contributed by atoms with E-state index >= 15 is 0 Å². The highest BCUT2D eigenvalue weighted by atomic mass is 79.9. The lowest BCUT2D eigenvalue weighted by Gasteiger charge is -2.29. The van der Waals surface area contributed by atoms with E-state index in [2.05, 4.69) is 20.8 Å². The van der Waals surface area contributed by atoms with Crippen molar-refractivity contribution < 1.29 is 4.39 Å². The predicted molar refractivity (Wildman–Crippen MR) is 77.7 cm³/mol. The Bertz CT molecular complexity index is 391. The lowest BCUT2D eigenvalue weighted by molar-refractivity contribution is 0.234. The maximum atomic E-state index is 13.8. The maximum Gasteiger partial charge on any atom is 0.147 e. The molecule has 1 saturated heterocycles. The molecule has 0 amide bonds. The molecule has 0 radical (unpaired) electrons. The quantitative estimate of drug-likeness (QED) is 0.839. The van der Waals surface area contributed by atoms with Crippen LogP contribution in [0, 0.1) is 5.82 Å². The van der Waals surface area contributed by atoms with Crippen molar-refractivity contribution in [3.8, 4) is 0 Å². The lowest BCUT2D eigenvalue weighted by Crippen LogP contribution is -2.36. The number of likely N-dealkylation sites (tertiary alicyclic amines) is 1. The van der Waals surface area contributed by atoms with Gasteiger partial charge in [-0.3, -0.25) is 0 Å². The second-order valence-corrected chi connectivity index (χ2v) is 5.84. The molecule has 0 N–H and O–H groups in total. The Hall–Kier alpha value is -0.610. The molecule has 0 unspecified atom stereocenters. The average molecular weight is 315 g/mol. The van der Waals surface area contributed by atoms with Gasteiger partial charge in [-0.25, -0.2) is 4.39 Å². The molecular formula is C14H20BrFN2. The van der Waals surface area contributed by atoms with Gasteiger partial charge in [0.2, 0.25) is 0 Å². The molecule has 0 atom stereocenters. The van der Waals surface area contributed by atoms with E-state index in [0.29, 0.717) is 5.69 Å². The molecule has 100 valence electrons. The largest absolute Gasteiger partial charge is 0.371 e. The molecule has 2 nitrogen and oxygen atoms in total. The Morgan fingerprint density at radius 3 is 2.67 bits per heavy atom. The molecule has 4 heteroatoms. The van der Waals surface area contributed by atoms with Gasteiger partial charge in [0, 0.05) is 24.6 Å². The Kier molecular flexibility index (Phi) is 5.01. The van der Waals surface area contributed by atoms with E-state index in [9.17, 15) is 4.39 Å². The molecule has 2 rings (SSSR count). The zero-order valence-corrected chi connectivity index (χ0v) is 12.4. The molecule has 1 fully saturated rings. The SMILES string of the molecule is CN(CCN1CCCCC1)c1ccc(Br)cc1F. The van der Waals surface area contributed by atoms with E-state index in [-0.39, 0.29) is 5.82 Å². The van der Waals surface area contributed by atoms with Crippen LogP contribution in [0.1, 0.15) is 19.3 Å². The monoisotopic (exact) mass is 314 g/mol. The molecule has 1 aromatic rings. The second-order valence-electron chi connectivity index (χ2n) is 4.92. The number of anilines is 1. The molecule has 1 aliphatic heterocycles. The normalized spacial score (nSPS) is 16.8. The third-order valence-corrected chi connectivity index (χ3v) is 4.01.